The quantitative estimate of drug-likeness (QED) is 0.703. The molecule has 0 unspecified atom stereocenters. The zero-order valence-corrected chi connectivity index (χ0v) is 15.5. The van der Waals surface area contributed by atoms with Crippen LogP contribution in [-0.4, -0.2) is 26.9 Å². The van der Waals surface area contributed by atoms with E-state index in [0.717, 1.165) is 12.1 Å². The average Bonchev–Trinajstić information content (AvgIpc) is 3.02. The van der Waals surface area contributed by atoms with Crippen molar-refractivity contribution in [1.82, 2.24) is 19.7 Å². The van der Waals surface area contributed by atoms with Crippen LogP contribution in [0.25, 0.3) is 5.82 Å². The predicted molar refractivity (Wildman–Crippen MR) is 103 cm³/mol. The third-order valence-electron chi connectivity index (χ3n) is 4.61. The molecule has 0 radical (unpaired) electrons. The van der Waals surface area contributed by atoms with E-state index in [0.29, 0.717) is 17.5 Å². The van der Waals surface area contributed by atoms with Gasteiger partial charge in [-0.3, -0.25) is 0 Å². The molecule has 1 aromatic carbocycles. The molecule has 7 heteroatoms. The number of nitrogens with zero attached hydrogens (tertiary/aromatic N) is 4. The van der Waals surface area contributed by atoms with Gasteiger partial charge in [0, 0.05) is 6.20 Å². The number of ether oxygens (including phenoxy) is 1. The van der Waals surface area contributed by atoms with E-state index in [1.54, 1.807) is 13.3 Å². The molecular formula is C19H24N6O. The lowest BCUT2D eigenvalue weighted by atomic mass is 9.82. The fourth-order valence-corrected chi connectivity index (χ4v) is 2.58. The first-order valence-corrected chi connectivity index (χ1v) is 8.54. The Morgan fingerprint density at radius 3 is 2.69 bits per heavy atom. The molecule has 26 heavy (non-hydrogen) atoms. The second kappa shape index (κ2) is 7.03. The summed E-state index contributed by atoms with van der Waals surface area (Å²) in [7, 11) is 1.64. The highest BCUT2D eigenvalue weighted by atomic mass is 16.5. The summed E-state index contributed by atoms with van der Waals surface area (Å²) in [6, 6.07) is 11.6. The van der Waals surface area contributed by atoms with Crippen molar-refractivity contribution in [2.45, 2.75) is 32.6 Å². The van der Waals surface area contributed by atoms with Gasteiger partial charge >= 0.3 is 0 Å². The molecule has 0 aliphatic carbocycles. The normalized spacial score (nSPS) is 11.4. The monoisotopic (exact) mass is 352 g/mol. The Morgan fingerprint density at radius 1 is 1.23 bits per heavy atom. The molecule has 2 aromatic heterocycles. The van der Waals surface area contributed by atoms with Crippen molar-refractivity contribution in [3.63, 3.8) is 0 Å². The second-order valence-electron chi connectivity index (χ2n) is 6.67. The van der Waals surface area contributed by atoms with Crippen LogP contribution in [0.3, 0.4) is 0 Å². The van der Waals surface area contributed by atoms with Crippen LogP contribution in [-0.2, 0) is 5.41 Å². The van der Waals surface area contributed by atoms with Crippen molar-refractivity contribution in [2.24, 2.45) is 0 Å². The number of anilines is 3. The molecule has 3 rings (SSSR count). The minimum Gasteiger partial charge on any atom is -0.495 e. The molecule has 0 amide bonds. The zero-order valence-electron chi connectivity index (χ0n) is 15.5. The molecule has 0 saturated carbocycles. The van der Waals surface area contributed by atoms with Gasteiger partial charge in [-0.2, -0.15) is 9.67 Å². The van der Waals surface area contributed by atoms with E-state index in [2.05, 4.69) is 53.3 Å². The largest absolute Gasteiger partial charge is 0.495 e. The van der Waals surface area contributed by atoms with Gasteiger partial charge in [0.1, 0.15) is 5.75 Å². The van der Waals surface area contributed by atoms with Gasteiger partial charge in [0.05, 0.1) is 12.8 Å². The van der Waals surface area contributed by atoms with E-state index in [1.807, 2.05) is 24.3 Å². The molecule has 3 N–H and O–H groups in total. The number of pyridine rings is 1. The first-order chi connectivity index (χ1) is 12.4. The maximum absolute atomic E-state index is 6.00. The molecule has 0 aliphatic rings. The van der Waals surface area contributed by atoms with Crippen molar-refractivity contribution in [3.8, 4) is 11.6 Å². The Morgan fingerprint density at radius 2 is 2.04 bits per heavy atom. The van der Waals surface area contributed by atoms with Crippen molar-refractivity contribution in [2.75, 3.05) is 18.2 Å². The van der Waals surface area contributed by atoms with Gasteiger partial charge in [0.25, 0.3) is 0 Å². The van der Waals surface area contributed by atoms with E-state index in [4.69, 9.17) is 10.5 Å². The number of nitrogen functional groups attached to an aromatic ring is 1. The van der Waals surface area contributed by atoms with Gasteiger partial charge < -0.3 is 15.8 Å². The van der Waals surface area contributed by atoms with E-state index in [9.17, 15) is 0 Å². The Bertz CT molecular complexity index is 888. The van der Waals surface area contributed by atoms with Crippen molar-refractivity contribution >= 4 is 17.6 Å². The molecule has 2 heterocycles. The van der Waals surface area contributed by atoms with Gasteiger partial charge in [0.2, 0.25) is 11.9 Å². The number of hydrogen-bond acceptors (Lipinski definition) is 6. The highest BCUT2D eigenvalue weighted by Crippen LogP contribution is 2.34. The maximum Gasteiger partial charge on any atom is 0.249 e. The summed E-state index contributed by atoms with van der Waals surface area (Å²) in [5.74, 6) is 1.97. The Kier molecular flexibility index (Phi) is 4.79. The maximum atomic E-state index is 6.00. The number of nitrogens with one attached hydrogen (secondary N) is 1. The Balaban J connectivity index is 1.95. The molecular weight excluding hydrogens is 328 g/mol. The first kappa shape index (κ1) is 17.7. The van der Waals surface area contributed by atoms with Crippen LogP contribution in [0.2, 0.25) is 0 Å². The molecule has 0 bridgehead atoms. The Hall–Kier alpha value is -3.09. The summed E-state index contributed by atoms with van der Waals surface area (Å²) < 4.78 is 6.97. The number of benzene rings is 1. The van der Waals surface area contributed by atoms with Gasteiger partial charge in [-0.15, -0.1) is 5.10 Å². The molecule has 0 spiro atoms. The smallest absolute Gasteiger partial charge is 0.249 e. The number of methoxy groups -OCH3 is 1. The molecule has 0 aliphatic heterocycles. The van der Waals surface area contributed by atoms with Crippen LogP contribution >= 0.6 is 0 Å². The van der Waals surface area contributed by atoms with Gasteiger partial charge in [0.15, 0.2) is 5.82 Å². The summed E-state index contributed by atoms with van der Waals surface area (Å²) in [4.78, 5) is 8.54. The van der Waals surface area contributed by atoms with Crippen molar-refractivity contribution in [3.05, 3.63) is 48.2 Å². The number of hydrogen-bond donors (Lipinski definition) is 2. The van der Waals surface area contributed by atoms with Crippen LogP contribution in [0, 0.1) is 0 Å². The van der Waals surface area contributed by atoms with Crippen LogP contribution in [0.1, 0.15) is 32.8 Å². The minimum absolute atomic E-state index is 0.0580. The lowest BCUT2D eigenvalue weighted by Gasteiger charge is -2.24. The van der Waals surface area contributed by atoms with E-state index in [1.165, 1.54) is 10.2 Å². The molecule has 136 valence electrons. The van der Waals surface area contributed by atoms with Crippen LogP contribution < -0.4 is 15.8 Å². The summed E-state index contributed by atoms with van der Waals surface area (Å²) in [6.45, 7) is 6.60. The van der Waals surface area contributed by atoms with E-state index < -0.39 is 0 Å². The van der Waals surface area contributed by atoms with Gasteiger partial charge in [-0.25, -0.2) is 4.98 Å². The summed E-state index contributed by atoms with van der Waals surface area (Å²) >= 11 is 0. The lowest BCUT2D eigenvalue weighted by molar-refractivity contribution is 0.415. The van der Waals surface area contributed by atoms with Gasteiger partial charge in [-0.05, 0) is 41.7 Å². The average molecular weight is 352 g/mol. The number of nitrogens with two attached hydrogens (primary N) is 1. The van der Waals surface area contributed by atoms with Crippen LogP contribution in [0.4, 0.5) is 17.6 Å². The van der Waals surface area contributed by atoms with E-state index in [-0.39, 0.29) is 11.4 Å². The fraction of sp³-hybridized carbons (Fsp3) is 0.316. The van der Waals surface area contributed by atoms with Crippen LogP contribution in [0.15, 0.2) is 42.6 Å². The second-order valence-corrected chi connectivity index (χ2v) is 6.67. The molecule has 0 fully saturated rings. The predicted octanol–water partition coefficient (Wildman–Crippen LogP) is 3.68. The highest BCUT2D eigenvalue weighted by Gasteiger charge is 2.20. The third-order valence-corrected chi connectivity index (χ3v) is 4.61. The van der Waals surface area contributed by atoms with E-state index >= 15 is 0 Å². The SMILES string of the molecule is CCC(C)(C)c1ccc(OC)c(Nc2nc(N)n(-c3ccccn3)n2)c1. The molecule has 0 atom stereocenters. The zero-order chi connectivity index (χ0) is 18.7. The van der Waals surface area contributed by atoms with Crippen LogP contribution in [0.5, 0.6) is 5.75 Å². The molecule has 0 saturated heterocycles. The number of aromatic nitrogens is 4. The standard InChI is InChI=1S/C19H24N6O/c1-5-19(2,3)13-9-10-15(26-4)14(12-13)22-18-23-17(20)25(24-18)16-8-6-7-11-21-16/h6-12H,5H2,1-4H3,(H3,20,22,23,24). The summed E-state index contributed by atoms with van der Waals surface area (Å²) in [5, 5.41) is 7.63. The fourth-order valence-electron chi connectivity index (χ4n) is 2.58. The van der Waals surface area contributed by atoms with Crippen molar-refractivity contribution < 1.29 is 4.74 Å². The summed E-state index contributed by atoms with van der Waals surface area (Å²) in [5.41, 5.74) is 8.06. The van der Waals surface area contributed by atoms with Gasteiger partial charge in [-0.1, -0.05) is 32.9 Å². The first-order valence-electron chi connectivity index (χ1n) is 8.54. The topological polar surface area (TPSA) is 90.9 Å². The lowest BCUT2D eigenvalue weighted by Crippen LogP contribution is -2.15. The van der Waals surface area contributed by atoms with Crippen molar-refractivity contribution in [1.29, 1.82) is 0 Å². The number of rotatable bonds is 6. The molecule has 3 aromatic rings. The Labute approximate surface area is 153 Å². The summed E-state index contributed by atoms with van der Waals surface area (Å²) in [6.07, 6.45) is 2.71. The highest BCUT2D eigenvalue weighted by molar-refractivity contribution is 5.64. The molecule has 7 nitrogen and oxygen atoms in total. The minimum atomic E-state index is 0.0580. The third kappa shape index (κ3) is 3.46.